The summed E-state index contributed by atoms with van der Waals surface area (Å²) in [5, 5.41) is 28.0. The molecule has 1 aliphatic carbocycles. The van der Waals surface area contributed by atoms with Crippen LogP contribution in [0.5, 0.6) is 6.01 Å². The summed E-state index contributed by atoms with van der Waals surface area (Å²) in [6.45, 7) is 4.25. The maximum absolute atomic E-state index is 15.5. The molecule has 4 N–H and O–H groups in total. The Hall–Kier alpha value is -3.29. The molecule has 0 spiro atoms. The molecule has 1 aromatic carbocycles. The Morgan fingerprint density at radius 2 is 2.02 bits per heavy atom. The molecule has 7 rings (SSSR count). The van der Waals surface area contributed by atoms with E-state index >= 15 is 4.39 Å². The molecule has 216 valence electrons. The number of hydrogen-bond donors (Lipinski definition) is 4. The molecule has 0 radical (unpaired) electrons. The van der Waals surface area contributed by atoms with Crippen LogP contribution in [0.2, 0.25) is 5.02 Å². The fourth-order valence-electron chi connectivity index (χ4n) is 5.93. The van der Waals surface area contributed by atoms with Crippen LogP contribution in [0, 0.1) is 5.82 Å². The van der Waals surface area contributed by atoms with Crippen molar-refractivity contribution in [3.63, 3.8) is 0 Å². The van der Waals surface area contributed by atoms with Crippen LogP contribution in [0.4, 0.5) is 10.2 Å². The van der Waals surface area contributed by atoms with Crippen molar-refractivity contribution in [2.45, 2.75) is 69.3 Å². The SMILES string of the molecule is CC(C)(O)Cn1cc(-c2cc(F)c3c(c2)CC[C@@H]3Nc2nc3nc(O[C@@H]4CO[C@H]5[C@@H]4OC[C@H]5O)[nH]c3cc2Cl)cn1. The lowest BCUT2D eigenvalue weighted by Crippen LogP contribution is -2.34. The number of pyridine rings is 1. The van der Waals surface area contributed by atoms with Crippen LogP contribution in [-0.2, 0) is 22.4 Å². The third kappa shape index (κ3) is 5.04. The first-order valence-corrected chi connectivity index (χ1v) is 14.0. The fourth-order valence-corrected chi connectivity index (χ4v) is 6.13. The van der Waals surface area contributed by atoms with Crippen molar-refractivity contribution in [3.05, 3.63) is 52.6 Å². The zero-order valence-electron chi connectivity index (χ0n) is 22.5. The summed E-state index contributed by atoms with van der Waals surface area (Å²) in [5.41, 5.74) is 3.11. The summed E-state index contributed by atoms with van der Waals surface area (Å²) in [6.07, 6.45) is 3.01. The number of aromatic amines is 1. The number of rotatable bonds is 7. The topological polar surface area (TPSA) is 140 Å². The Morgan fingerprint density at radius 3 is 2.85 bits per heavy atom. The number of anilines is 1. The van der Waals surface area contributed by atoms with Crippen molar-refractivity contribution in [2.75, 3.05) is 18.5 Å². The highest BCUT2D eigenvalue weighted by Crippen LogP contribution is 2.40. The summed E-state index contributed by atoms with van der Waals surface area (Å²) in [4.78, 5) is 12.1. The molecule has 4 aromatic rings. The number of ether oxygens (including phenoxy) is 3. The molecule has 11 nitrogen and oxygen atoms in total. The van der Waals surface area contributed by atoms with Gasteiger partial charge < -0.3 is 34.7 Å². The molecule has 5 atom stereocenters. The lowest BCUT2D eigenvalue weighted by Gasteiger charge is -2.17. The second kappa shape index (κ2) is 9.92. The van der Waals surface area contributed by atoms with Gasteiger partial charge in [-0.15, -0.1) is 0 Å². The molecule has 2 aliphatic heterocycles. The molecule has 0 bridgehead atoms. The summed E-state index contributed by atoms with van der Waals surface area (Å²) in [6, 6.07) is 5.15. The van der Waals surface area contributed by atoms with Gasteiger partial charge in [-0.25, -0.2) is 9.37 Å². The molecule has 13 heteroatoms. The van der Waals surface area contributed by atoms with Crippen LogP contribution < -0.4 is 10.1 Å². The van der Waals surface area contributed by atoms with Crippen LogP contribution in [0.3, 0.4) is 0 Å². The highest BCUT2D eigenvalue weighted by Gasteiger charge is 2.48. The number of hydrogen-bond acceptors (Lipinski definition) is 9. The minimum absolute atomic E-state index is 0.210. The molecule has 3 aromatic heterocycles. The predicted octanol–water partition coefficient (Wildman–Crippen LogP) is 3.39. The Balaban J connectivity index is 1.09. The first kappa shape index (κ1) is 26.6. The minimum Gasteiger partial charge on any atom is -0.456 e. The number of aryl methyl sites for hydroxylation is 1. The summed E-state index contributed by atoms with van der Waals surface area (Å²) in [5.74, 6) is 0.0877. The molecule has 0 unspecified atom stereocenters. The van der Waals surface area contributed by atoms with Gasteiger partial charge in [0.2, 0.25) is 0 Å². The quantitative estimate of drug-likeness (QED) is 0.257. The van der Waals surface area contributed by atoms with Crippen LogP contribution in [0.25, 0.3) is 22.3 Å². The summed E-state index contributed by atoms with van der Waals surface area (Å²) >= 11 is 6.57. The molecule has 2 fully saturated rings. The number of nitrogens with zero attached hydrogens (tertiary/aromatic N) is 4. The van der Waals surface area contributed by atoms with Crippen molar-refractivity contribution in [1.29, 1.82) is 0 Å². The second-order valence-corrected chi connectivity index (χ2v) is 12.0. The van der Waals surface area contributed by atoms with E-state index in [-0.39, 0.29) is 37.2 Å². The van der Waals surface area contributed by atoms with Gasteiger partial charge in [-0.3, -0.25) is 4.68 Å². The van der Waals surface area contributed by atoms with Crippen LogP contribution in [-0.4, -0.2) is 78.2 Å². The number of imidazole rings is 1. The van der Waals surface area contributed by atoms with Gasteiger partial charge in [0, 0.05) is 17.3 Å². The Morgan fingerprint density at radius 1 is 1.20 bits per heavy atom. The first-order valence-electron chi connectivity index (χ1n) is 13.6. The average Bonchev–Trinajstić information content (AvgIpc) is 3.71. The van der Waals surface area contributed by atoms with Crippen molar-refractivity contribution in [1.82, 2.24) is 24.7 Å². The fraction of sp³-hybridized carbons (Fsp3) is 0.464. The number of aliphatic hydroxyl groups is 2. The lowest BCUT2D eigenvalue weighted by molar-refractivity contribution is 0.00706. The normalized spacial score (nSPS) is 25.6. The molecule has 0 saturated carbocycles. The number of fused-ring (bicyclic) bond motifs is 3. The molecule has 0 amide bonds. The summed E-state index contributed by atoms with van der Waals surface area (Å²) < 4.78 is 34.4. The number of aromatic nitrogens is 5. The Kier molecular flexibility index (Phi) is 6.43. The average molecular weight is 585 g/mol. The smallest absolute Gasteiger partial charge is 0.296 e. The van der Waals surface area contributed by atoms with E-state index in [0.717, 1.165) is 16.7 Å². The van der Waals surface area contributed by atoms with Gasteiger partial charge in [0.25, 0.3) is 6.01 Å². The standard InChI is InChI=1S/C28H30ClFN6O5/c1-28(2,38)12-36-9-15(8-31-36)14-5-13-3-4-18(22(13)17(30)6-14)32-25-16(29)7-19-26(34-25)35-27(33-19)41-21-11-40-23-20(37)10-39-24(21)23/h5-9,18,20-21,23-24,37-38H,3-4,10-12H2,1-2H3,(H2,32,33,34,35)/t18-,20+,21+,23+,24+/m0/s1. The van der Waals surface area contributed by atoms with Crippen molar-refractivity contribution in [2.24, 2.45) is 0 Å². The second-order valence-electron chi connectivity index (χ2n) is 11.6. The highest BCUT2D eigenvalue weighted by molar-refractivity contribution is 6.33. The molecular formula is C28H30ClFN6O5. The zero-order chi connectivity index (χ0) is 28.5. The van der Waals surface area contributed by atoms with E-state index in [9.17, 15) is 10.2 Å². The number of halogens is 2. The Bertz CT molecular complexity index is 1620. The van der Waals surface area contributed by atoms with E-state index in [1.807, 2.05) is 12.3 Å². The van der Waals surface area contributed by atoms with Gasteiger partial charge in [-0.2, -0.15) is 10.1 Å². The maximum Gasteiger partial charge on any atom is 0.296 e. The van der Waals surface area contributed by atoms with Crippen LogP contribution >= 0.6 is 11.6 Å². The van der Waals surface area contributed by atoms with Gasteiger partial charge >= 0.3 is 0 Å². The largest absolute Gasteiger partial charge is 0.456 e. The zero-order valence-corrected chi connectivity index (χ0v) is 23.2. The first-order chi connectivity index (χ1) is 19.6. The van der Waals surface area contributed by atoms with Crippen molar-refractivity contribution < 1.29 is 28.8 Å². The van der Waals surface area contributed by atoms with E-state index in [0.29, 0.717) is 47.0 Å². The van der Waals surface area contributed by atoms with E-state index in [4.69, 9.17) is 25.8 Å². The van der Waals surface area contributed by atoms with E-state index in [2.05, 4.69) is 25.4 Å². The minimum atomic E-state index is -0.905. The van der Waals surface area contributed by atoms with Crippen LogP contribution in [0.15, 0.2) is 30.6 Å². The Labute approximate surface area is 239 Å². The number of aliphatic hydroxyl groups excluding tert-OH is 1. The molecular weight excluding hydrogens is 555 g/mol. The third-order valence-corrected chi connectivity index (χ3v) is 8.03. The van der Waals surface area contributed by atoms with Gasteiger partial charge in [0.15, 0.2) is 11.8 Å². The molecule has 41 heavy (non-hydrogen) atoms. The van der Waals surface area contributed by atoms with Crippen LogP contribution in [0.1, 0.15) is 37.4 Å². The monoisotopic (exact) mass is 584 g/mol. The molecule has 3 aliphatic rings. The van der Waals surface area contributed by atoms with Crippen molar-refractivity contribution >= 4 is 28.6 Å². The highest BCUT2D eigenvalue weighted by atomic mass is 35.5. The van der Waals surface area contributed by atoms with Gasteiger partial charge in [0.1, 0.15) is 29.9 Å². The molecule has 2 saturated heterocycles. The van der Waals surface area contributed by atoms with Gasteiger partial charge in [0.05, 0.1) is 48.1 Å². The number of H-pyrrole nitrogens is 1. The van der Waals surface area contributed by atoms with Gasteiger partial charge in [-0.1, -0.05) is 17.7 Å². The van der Waals surface area contributed by atoms with E-state index in [1.165, 1.54) is 6.07 Å². The summed E-state index contributed by atoms with van der Waals surface area (Å²) in [7, 11) is 0. The maximum atomic E-state index is 15.5. The van der Waals surface area contributed by atoms with E-state index < -0.39 is 23.9 Å². The number of benzene rings is 1. The van der Waals surface area contributed by atoms with E-state index in [1.54, 1.807) is 30.8 Å². The van der Waals surface area contributed by atoms with Crippen molar-refractivity contribution in [3.8, 4) is 17.1 Å². The number of nitrogens with one attached hydrogen (secondary N) is 2. The lowest BCUT2D eigenvalue weighted by atomic mass is 10.0. The third-order valence-electron chi connectivity index (χ3n) is 7.74. The van der Waals surface area contributed by atoms with Gasteiger partial charge in [-0.05, 0) is 49.9 Å². The predicted molar refractivity (Wildman–Crippen MR) is 147 cm³/mol. The molecule has 5 heterocycles.